The van der Waals surface area contributed by atoms with Crippen molar-refractivity contribution in [2.24, 2.45) is 0 Å². The monoisotopic (exact) mass is 937 g/mol. The molecule has 2 aliphatic carbocycles. The predicted molar refractivity (Wildman–Crippen MR) is 302 cm³/mol. The van der Waals surface area contributed by atoms with Gasteiger partial charge in [0.25, 0.3) is 0 Å². The Bertz CT molecular complexity index is 2780. The first-order chi connectivity index (χ1) is 34.4. The van der Waals surface area contributed by atoms with Crippen LogP contribution in [0.15, 0.2) is 94.5 Å². The van der Waals surface area contributed by atoms with Crippen molar-refractivity contribution in [3.8, 4) is 22.3 Å². The van der Waals surface area contributed by atoms with E-state index in [4.69, 9.17) is 0 Å². The van der Waals surface area contributed by atoms with Crippen molar-refractivity contribution in [3.63, 3.8) is 0 Å². The Morgan fingerprint density at radius 2 is 0.600 bits per heavy atom. The number of pyridine rings is 2. The van der Waals surface area contributed by atoms with Crippen molar-refractivity contribution < 1.29 is 0 Å². The molecule has 2 heterocycles. The lowest BCUT2D eigenvalue weighted by atomic mass is 9.70. The first-order valence-corrected chi connectivity index (χ1v) is 28.8. The molecule has 0 radical (unpaired) electrons. The van der Waals surface area contributed by atoms with E-state index in [1.54, 1.807) is 0 Å². The number of rotatable bonds is 28. The minimum absolute atomic E-state index is 0.0255. The van der Waals surface area contributed by atoms with Gasteiger partial charge in [0.2, 0.25) is 0 Å². The van der Waals surface area contributed by atoms with Crippen LogP contribution in [0.5, 0.6) is 0 Å². The predicted octanol–water partition coefficient (Wildman–Crippen LogP) is 19.2. The average Bonchev–Trinajstić information content (AvgIpc) is 3.80. The van der Waals surface area contributed by atoms with E-state index in [2.05, 4.69) is 110 Å². The van der Waals surface area contributed by atoms with Crippen molar-refractivity contribution >= 4 is 43.6 Å². The quantitative estimate of drug-likeness (QED) is 0.0380. The van der Waals surface area contributed by atoms with Gasteiger partial charge in [-0.05, 0) is 107 Å². The lowest BCUT2D eigenvalue weighted by Gasteiger charge is -2.33. The van der Waals surface area contributed by atoms with Gasteiger partial charge in [-0.1, -0.05) is 230 Å². The summed E-state index contributed by atoms with van der Waals surface area (Å²) in [5, 5.41) is 2.70. The van der Waals surface area contributed by atoms with Crippen molar-refractivity contribution in [1.82, 2.24) is 9.97 Å². The number of benzene rings is 5. The maximum atomic E-state index is 15.0. The summed E-state index contributed by atoms with van der Waals surface area (Å²) in [4.78, 5) is 37.5. The van der Waals surface area contributed by atoms with Gasteiger partial charge < -0.3 is 9.97 Å². The Morgan fingerprint density at radius 3 is 0.943 bits per heavy atom. The number of fused-ring (bicyclic) bond motifs is 10. The van der Waals surface area contributed by atoms with Crippen LogP contribution in [-0.4, -0.2) is 9.97 Å². The highest BCUT2D eigenvalue weighted by Gasteiger charge is 2.44. The fourth-order valence-electron chi connectivity index (χ4n) is 13.5. The molecule has 70 heavy (non-hydrogen) atoms. The molecule has 4 heteroatoms. The molecule has 0 saturated carbocycles. The summed E-state index contributed by atoms with van der Waals surface area (Å²) < 4.78 is 0. The topological polar surface area (TPSA) is 65.7 Å². The van der Waals surface area contributed by atoms with Crippen LogP contribution in [0.2, 0.25) is 0 Å². The van der Waals surface area contributed by atoms with E-state index < -0.39 is 0 Å². The van der Waals surface area contributed by atoms with Crippen LogP contribution in [0, 0.1) is 0 Å². The zero-order valence-corrected chi connectivity index (χ0v) is 43.7. The Hall–Kier alpha value is -4.96. The number of hydrogen-bond donors (Lipinski definition) is 2. The van der Waals surface area contributed by atoms with Gasteiger partial charge in [-0.15, -0.1) is 0 Å². The van der Waals surface area contributed by atoms with Gasteiger partial charge in [-0.2, -0.15) is 0 Å². The van der Waals surface area contributed by atoms with Crippen molar-refractivity contribution in [2.75, 3.05) is 0 Å². The Morgan fingerprint density at radius 1 is 0.314 bits per heavy atom. The summed E-state index contributed by atoms with van der Waals surface area (Å²) in [6, 6.07) is 31.2. The van der Waals surface area contributed by atoms with Crippen molar-refractivity contribution in [1.29, 1.82) is 0 Å². The minimum Gasteiger partial charge on any atom is -0.354 e. The number of nitrogens with one attached hydrogen (secondary N) is 2. The van der Waals surface area contributed by atoms with Gasteiger partial charge in [0.05, 0.1) is 22.1 Å². The summed E-state index contributed by atoms with van der Waals surface area (Å²) >= 11 is 0. The first kappa shape index (κ1) is 50.0. The molecular formula is C66H84N2O2. The molecule has 2 aliphatic rings. The van der Waals surface area contributed by atoms with Gasteiger partial charge in [0.1, 0.15) is 0 Å². The molecule has 2 N–H and O–H groups in total. The number of aromatic nitrogens is 2. The van der Waals surface area contributed by atoms with E-state index in [0.29, 0.717) is 10.8 Å². The molecule has 370 valence electrons. The Labute approximate surface area is 419 Å². The summed E-state index contributed by atoms with van der Waals surface area (Å²) in [5.74, 6) is 0. The van der Waals surface area contributed by atoms with Crippen LogP contribution >= 0.6 is 0 Å². The first-order valence-electron chi connectivity index (χ1n) is 28.8. The van der Waals surface area contributed by atoms with Crippen LogP contribution in [0.4, 0.5) is 0 Å². The van der Waals surface area contributed by atoms with E-state index in [1.807, 2.05) is 12.1 Å². The molecular weight excluding hydrogens is 853 g/mol. The molecule has 0 fully saturated rings. The Balaban J connectivity index is 1.13. The van der Waals surface area contributed by atoms with Gasteiger partial charge in [-0.25, -0.2) is 0 Å². The molecule has 0 bridgehead atoms. The van der Waals surface area contributed by atoms with Crippen molar-refractivity contribution in [2.45, 2.75) is 218 Å². The summed E-state index contributed by atoms with van der Waals surface area (Å²) in [5.41, 5.74) is 13.8. The van der Waals surface area contributed by atoms with Crippen LogP contribution in [-0.2, 0) is 10.8 Å². The third-order valence-electron chi connectivity index (χ3n) is 17.3. The lowest BCUT2D eigenvalue weighted by molar-refractivity contribution is 0.398. The maximum absolute atomic E-state index is 15.0. The number of aromatic amines is 2. The zero-order chi connectivity index (χ0) is 48.5. The van der Waals surface area contributed by atoms with Gasteiger partial charge in [0, 0.05) is 32.4 Å². The second kappa shape index (κ2) is 23.1. The van der Waals surface area contributed by atoms with Crippen LogP contribution in [0.3, 0.4) is 0 Å². The summed E-state index contributed by atoms with van der Waals surface area (Å²) in [6.07, 6.45) is 35.1. The van der Waals surface area contributed by atoms with Crippen LogP contribution in [0.1, 0.15) is 230 Å². The largest absolute Gasteiger partial charge is 0.354 e. The number of unbranched alkanes of at least 4 members (excludes halogenated alkanes) is 20. The molecule has 0 aliphatic heterocycles. The Kier molecular flexibility index (Phi) is 16.5. The zero-order valence-electron chi connectivity index (χ0n) is 43.7. The average molecular weight is 937 g/mol. The molecule has 9 rings (SSSR count). The van der Waals surface area contributed by atoms with Crippen LogP contribution in [0.25, 0.3) is 65.9 Å². The van der Waals surface area contributed by atoms with Gasteiger partial charge >= 0.3 is 0 Å². The highest BCUT2D eigenvalue weighted by Crippen LogP contribution is 2.56. The molecule has 5 aromatic carbocycles. The molecule has 0 atom stereocenters. The third kappa shape index (κ3) is 9.84. The molecule has 2 aromatic heterocycles. The van der Waals surface area contributed by atoms with E-state index in [0.717, 1.165) is 58.5 Å². The normalized spacial score (nSPS) is 14.2. The second-order valence-corrected chi connectivity index (χ2v) is 22.1. The lowest BCUT2D eigenvalue weighted by Crippen LogP contribution is -2.25. The van der Waals surface area contributed by atoms with E-state index in [9.17, 15) is 9.59 Å². The van der Waals surface area contributed by atoms with Crippen LogP contribution < -0.4 is 10.9 Å². The molecule has 0 saturated heterocycles. The standard InChI is InChI=1S/C66H84N2O2/c1-5-9-13-17-21-29-37-65(38-30-22-18-14-10-6-2)55-35-27-25-33-47(55)49-41-51-61(45-57(49)65)67-59-43-54-60(44-53(59)63(51)69)68-62-46-58-50(42-52(62)64(54)70)48-34-26-28-36-56(48)66(58,39-31-23-19-15-11-7-3)40-32-24-20-16-12-8-4/h25-28,33-36,41-46H,5-24,29-32,37-40H2,1-4H3,(H,67,69)(H,68,70). The van der Waals surface area contributed by atoms with Gasteiger partial charge in [0.15, 0.2) is 10.9 Å². The van der Waals surface area contributed by atoms with E-state index >= 15 is 0 Å². The fraction of sp³-hybridized carbons (Fsp3) is 0.515. The SMILES string of the molecule is CCCCCCCCC1(CCCCCCCC)c2ccccc2-c2cc3c(=O)c4cc5[nH]c6cc7c(cc6c(=O)c5cc4[nH]c3cc21)-c1ccccc1C7(CCCCCCCC)CCCCCCCC. The van der Waals surface area contributed by atoms with E-state index in [-0.39, 0.29) is 21.7 Å². The summed E-state index contributed by atoms with van der Waals surface area (Å²) in [6.45, 7) is 9.18. The second-order valence-electron chi connectivity index (χ2n) is 22.1. The highest BCUT2D eigenvalue weighted by atomic mass is 16.1. The molecule has 4 nitrogen and oxygen atoms in total. The molecule has 0 unspecified atom stereocenters. The number of hydrogen-bond acceptors (Lipinski definition) is 2. The van der Waals surface area contributed by atoms with Crippen molar-refractivity contribution in [3.05, 3.63) is 128 Å². The molecule has 0 spiro atoms. The smallest absolute Gasteiger partial charge is 0.197 e. The fourth-order valence-corrected chi connectivity index (χ4v) is 13.5. The maximum Gasteiger partial charge on any atom is 0.197 e. The highest BCUT2D eigenvalue weighted by molar-refractivity contribution is 6.05. The van der Waals surface area contributed by atoms with E-state index in [1.165, 1.54) is 199 Å². The summed E-state index contributed by atoms with van der Waals surface area (Å²) in [7, 11) is 0. The molecule has 0 amide bonds. The van der Waals surface area contributed by atoms with Gasteiger partial charge in [-0.3, -0.25) is 9.59 Å². The third-order valence-corrected chi connectivity index (χ3v) is 17.3. The number of H-pyrrole nitrogens is 2. The molecule has 7 aromatic rings. The minimum atomic E-state index is -0.0827.